The Morgan fingerprint density at radius 2 is 1.52 bits per heavy atom. The topological polar surface area (TPSA) is 32.3 Å². The highest BCUT2D eigenvalue weighted by Gasteiger charge is 2.25. The van der Waals surface area contributed by atoms with Gasteiger partial charge in [0.05, 0.1) is 5.92 Å². The maximum absolute atomic E-state index is 12.9. The molecule has 3 nitrogen and oxygen atoms in total. The van der Waals surface area contributed by atoms with Crippen LogP contribution < -0.4 is 5.32 Å². The molecule has 0 bridgehead atoms. The lowest BCUT2D eigenvalue weighted by Gasteiger charge is -2.30. The van der Waals surface area contributed by atoms with Crippen LogP contribution in [0.3, 0.4) is 0 Å². The minimum absolute atomic E-state index is 0.152. The average molecular weight is 393 g/mol. The van der Waals surface area contributed by atoms with Crippen molar-refractivity contribution in [1.29, 1.82) is 0 Å². The Bertz CT molecular complexity index is 671. The van der Waals surface area contributed by atoms with E-state index in [1.54, 1.807) is 0 Å². The number of hydrogen-bond donors (Lipinski definition) is 1. The number of carbonyl (C=O) groups is 1. The molecule has 0 radical (unpaired) electrons. The zero-order chi connectivity index (χ0) is 20.3. The molecular formula is C26H36N2O. The van der Waals surface area contributed by atoms with Crippen LogP contribution in [0.15, 0.2) is 60.7 Å². The molecule has 29 heavy (non-hydrogen) atoms. The predicted molar refractivity (Wildman–Crippen MR) is 121 cm³/mol. The first kappa shape index (κ1) is 21.6. The quantitative estimate of drug-likeness (QED) is 0.626. The third-order valence-electron chi connectivity index (χ3n) is 6.06. The van der Waals surface area contributed by atoms with Crippen molar-refractivity contribution in [2.75, 3.05) is 20.1 Å². The van der Waals surface area contributed by atoms with Crippen molar-refractivity contribution in [2.45, 2.75) is 57.4 Å². The molecule has 0 aromatic heterocycles. The average Bonchev–Trinajstić information content (AvgIpc) is 2.75. The molecule has 1 amide bonds. The lowest BCUT2D eigenvalue weighted by molar-refractivity contribution is -0.127. The molecule has 1 fully saturated rings. The van der Waals surface area contributed by atoms with Crippen molar-refractivity contribution in [3.05, 3.63) is 71.8 Å². The molecule has 2 aromatic carbocycles. The van der Waals surface area contributed by atoms with E-state index in [0.717, 1.165) is 64.5 Å². The van der Waals surface area contributed by atoms with Gasteiger partial charge in [0.1, 0.15) is 0 Å². The number of nitrogens with one attached hydrogen (secondary N) is 1. The third kappa shape index (κ3) is 7.66. The van der Waals surface area contributed by atoms with E-state index in [-0.39, 0.29) is 17.9 Å². The lowest BCUT2D eigenvalue weighted by Crippen LogP contribution is -2.45. The summed E-state index contributed by atoms with van der Waals surface area (Å²) in [6.07, 6.45) is 8.65. The minimum Gasteiger partial charge on any atom is -0.353 e. The first-order valence-corrected chi connectivity index (χ1v) is 11.3. The molecule has 2 aromatic rings. The van der Waals surface area contributed by atoms with Gasteiger partial charge in [-0.1, -0.05) is 60.7 Å². The second-order valence-corrected chi connectivity index (χ2v) is 8.56. The van der Waals surface area contributed by atoms with Crippen molar-refractivity contribution in [3.8, 4) is 0 Å². The molecular weight excluding hydrogens is 356 g/mol. The lowest BCUT2D eigenvalue weighted by atomic mass is 9.95. The summed E-state index contributed by atoms with van der Waals surface area (Å²) in [6.45, 7) is 2.01. The summed E-state index contributed by atoms with van der Waals surface area (Å²) in [6, 6.07) is 21.6. The highest BCUT2D eigenvalue weighted by Crippen LogP contribution is 2.17. The number of piperidine rings is 1. The Balaban J connectivity index is 1.50. The molecule has 1 N–H and O–H groups in total. The smallest absolute Gasteiger partial charge is 0.224 e. The van der Waals surface area contributed by atoms with Crippen LogP contribution >= 0.6 is 0 Å². The van der Waals surface area contributed by atoms with Gasteiger partial charge in [-0.2, -0.15) is 0 Å². The molecule has 1 heterocycles. The monoisotopic (exact) mass is 392 g/mol. The molecule has 1 unspecified atom stereocenters. The van der Waals surface area contributed by atoms with Gasteiger partial charge in [-0.25, -0.2) is 0 Å². The standard InChI is InChI=1S/C26H36N2O/c1-28-20-10-17-24(21-28)26(29)27-25(18-8-15-22-11-4-2-5-12-22)19-9-16-23-13-6-3-7-14-23/h2-7,11-14,24-25H,8-10,15-21H2,1H3,(H,27,29). The highest BCUT2D eigenvalue weighted by molar-refractivity contribution is 5.79. The first-order valence-electron chi connectivity index (χ1n) is 11.3. The second kappa shape index (κ2) is 11.8. The number of hydrogen-bond acceptors (Lipinski definition) is 2. The molecule has 0 spiro atoms. The fourth-order valence-corrected chi connectivity index (χ4v) is 4.38. The fraction of sp³-hybridized carbons (Fsp3) is 0.500. The minimum atomic E-state index is 0.152. The van der Waals surface area contributed by atoms with Gasteiger partial charge in [0, 0.05) is 12.6 Å². The summed E-state index contributed by atoms with van der Waals surface area (Å²) in [4.78, 5) is 15.2. The Morgan fingerprint density at radius 3 is 2.03 bits per heavy atom. The van der Waals surface area contributed by atoms with E-state index in [0.29, 0.717) is 0 Å². The van der Waals surface area contributed by atoms with Gasteiger partial charge < -0.3 is 10.2 Å². The third-order valence-corrected chi connectivity index (χ3v) is 6.06. The number of benzene rings is 2. The van der Waals surface area contributed by atoms with Crippen LogP contribution in [-0.2, 0) is 17.6 Å². The SMILES string of the molecule is CN1CCCC(C(=O)NC(CCCc2ccccc2)CCCc2ccccc2)C1. The molecule has 1 saturated heterocycles. The van der Waals surface area contributed by atoms with E-state index in [4.69, 9.17) is 0 Å². The van der Waals surface area contributed by atoms with Gasteiger partial charge in [-0.05, 0) is 76.1 Å². The fourth-order valence-electron chi connectivity index (χ4n) is 4.38. The van der Waals surface area contributed by atoms with Gasteiger partial charge in [-0.15, -0.1) is 0 Å². The number of nitrogens with zero attached hydrogens (tertiary/aromatic N) is 1. The maximum Gasteiger partial charge on any atom is 0.224 e. The van der Waals surface area contributed by atoms with Gasteiger partial charge in [0.15, 0.2) is 0 Å². The Kier molecular flexibility index (Phi) is 8.76. The number of carbonyl (C=O) groups excluding carboxylic acids is 1. The zero-order valence-corrected chi connectivity index (χ0v) is 17.9. The molecule has 1 atom stereocenters. The predicted octanol–water partition coefficient (Wildman–Crippen LogP) is 4.86. The number of amides is 1. The first-order chi connectivity index (χ1) is 14.2. The van der Waals surface area contributed by atoms with Crippen LogP contribution in [-0.4, -0.2) is 37.0 Å². The van der Waals surface area contributed by atoms with Crippen molar-refractivity contribution >= 4 is 5.91 Å². The van der Waals surface area contributed by atoms with Crippen LogP contribution in [0.4, 0.5) is 0 Å². The zero-order valence-electron chi connectivity index (χ0n) is 17.9. The van der Waals surface area contributed by atoms with Gasteiger partial charge in [0.25, 0.3) is 0 Å². The van der Waals surface area contributed by atoms with Crippen LogP contribution in [0.25, 0.3) is 0 Å². The Labute approximate surface area is 176 Å². The van der Waals surface area contributed by atoms with E-state index >= 15 is 0 Å². The van der Waals surface area contributed by atoms with Crippen molar-refractivity contribution in [3.63, 3.8) is 0 Å². The van der Waals surface area contributed by atoms with E-state index < -0.39 is 0 Å². The van der Waals surface area contributed by atoms with E-state index in [1.165, 1.54) is 11.1 Å². The van der Waals surface area contributed by atoms with E-state index in [2.05, 4.69) is 77.9 Å². The van der Waals surface area contributed by atoms with Gasteiger partial charge in [-0.3, -0.25) is 4.79 Å². The van der Waals surface area contributed by atoms with Crippen LogP contribution in [0.2, 0.25) is 0 Å². The summed E-state index contributed by atoms with van der Waals surface area (Å²) in [5.41, 5.74) is 2.77. The Morgan fingerprint density at radius 1 is 0.966 bits per heavy atom. The van der Waals surface area contributed by atoms with Gasteiger partial charge in [0.2, 0.25) is 5.91 Å². The van der Waals surface area contributed by atoms with E-state index in [1.807, 2.05) is 0 Å². The molecule has 1 aliphatic heterocycles. The molecule has 0 saturated carbocycles. The summed E-state index contributed by atoms with van der Waals surface area (Å²) in [5, 5.41) is 3.41. The summed E-state index contributed by atoms with van der Waals surface area (Å²) in [5.74, 6) is 0.417. The number of rotatable bonds is 10. The van der Waals surface area contributed by atoms with Crippen LogP contribution in [0.5, 0.6) is 0 Å². The molecule has 3 rings (SSSR count). The van der Waals surface area contributed by atoms with E-state index in [9.17, 15) is 4.79 Å². The molecule has 1 aliphatic rings. The Hall–Kier alpha value is -2.13. The summed E-state index contributed by atoms with van der Waals surface area (Å²) < 4.78 is 0. The highest BCUT2D eigenvalue weighted by atomic mass is 16.2. The maximum atomic E-state index is 12.9. The molecule has 0 aliphatic carbocycles. The molecule has 3 heteroatoms. The largest absolute Gasteiger partial charge is 0.353 e. The number of aryl methyl sites for hydroxylation is 2. The summed E-state index contributed by atoms with van der Waals surface area (Å²) in [7, 11) is 2.12. The summed E-state index contributed by atoms with van der Waals surface area (Å²) >= 11 is 0. The number of likely N-dealkylation sites (tertiary alicyclic amines) is 1. The van der Waals surface area contributed by atoms with Crippen LogP contribution in [0.1, 0.15) is 49.7 Å². The second-order valence-electron chi connectivity index (χ2n) is 8.56. The normalized spacial score (nSPS) is 17.4. The van der Waals surface area contributed by atoms with Crippen LogP contribution in [0, 0.1) is 5.92 Å². The van der Waals surface area contributed by atoms with Crippen molar-refractivity contribution in [2.24, 2.45) is 5.92 Å². The molecule has 156 valence electrons. The van der Waals surface area contributed by atoms with Gasteiger partial charge >= 0.3 is 0 Å². The van der Waals surface area contributed by atoms with Crippen molar-refractivity contribution < 1.29 is 4.79 Å². The van der Waals surface area contributed by atoms with Crippen molar-refractivity contribution in [1.82, 2.24) is 10.2 Å².